The number of unbranched alkanes of at least 4 members (excludes halogenated alkanes) is 1. The molecule has 1 fully saturated rings. The third-order valence-corrected chi connectivity index (χ3v) is 8.61. The Kier molecular flexibility index (Phi) is 12.6. The Morgan fingerprint density at radius 1 is 1.07 bits per heavy atom. The molecule has 1 aliphatic rings. The number of carboxylic acid groups (broad SMARTS) is 1. The second kappa shape index (κ2) is 16.0. The van der Waals surface area contributed by atoms with E-state index in [4.69, 9.17) is 4.74 Å². The summed E-state index contributed by atoms with van der Waals surface area (Å²) in [5, 5.41) is 16.1. The van der Waals surface area contributed by atoms with Gasteiger partial charge in [0.2, 0.25) is 5.91 Å². The van der Waals surface area contributed by atoms with Crippen LogP contribution in [0.25, 0.3) is 10.9 Å². The lowest BCUT2D eigenvalue weighted by Gasteiger charge is -2.40. The van der Waals surface area contributed by atoms with Gasteiger partial charge in [-0.1, -0.05) is 58.7 Å². The highest BCUT2D eigenvalue weighted by Crippen LogP contribution is 2.27. The van der Waals surface area contributed by atoms with Gasteiger partial charge in [0.05, 0.1) is 7.11 Å². The molecule has 12 nitrogen and oxygen atoms in total. The van der Waals surface area contributed by atoms with Crippen LogP contribution >= 0.6 is 0 Å². The summed E-state index contributed by atoms with van der Waals surface area (Å²) in [6.45, 7) is 11.6. The van der Waals surface area contributed by atoms with Gasteiger partial charge in [-0.3, -0.25) is 9.59 Å². The molecule has 0 spiro atoms. The number of aromatic nitrogens is 1. The van der Waals surface area contributed by atoms with E-state index in [0.29, 0.717) is 18.4 Å². The van der Waals surface area contributed by atoms with Crippen LogP contribution in [0.4, 0.5) is 9.59 Å². The molecule has 12 heteroatoms. The Labute approximate surface area is 271 Å². The summed E-state index contributed by atoms with van der Waals surface area (Å²) >= 11 is 0. The number of piperidine rings is 1. The van der Waals surface area contributed by atoms with E-state index in [1.165, 1.54) is 0 Å². The molecule has 46 heavy (non-hydrogen) atoms. The highest BCUT2D eigenvalue weighted by molar-refractivity contribution is 6.02. The maximum Gasteiger partial charge on any atom is 0.417 e. The number of carbonyl (C=O) groups excluding carboxylic acids is 4. The molecule has 2 heterocycles. The highest BCUT2D eigenvalue weighted by Gasteiger charge is 2.43. The van der Waals surface area contributed by atoms with Crippen molar-refractivity contribution < 1.29 is 33.8 Å². The molecule has 0 radical (unpaired) electrons. The molecule has 5 amide bonds. The van der Waals surface area contributed by atoms with E-state index in [1.807, 2.05) is 65.8 Å². The van der Waals surface area contributed by atoms with Crippen LogP contribution in [-0.2, 0) is 25.5 Å². The van der Waals surface area contributed by atoms with Gasteiger partial charge in [0.25, 0.3) is 5.91 Å². The first-order valence-electron chi connectivity index (χ1n) is 16.3. The Balaban J connectivity index is 2.07. The summed E-state index contributed by atoms with van der Waals surface area (Å²) in [6, 6.07) is 3.02. The number of aliphatic carboxylic acids is 1. The monoisotopic (exact) mass is 641 g/mol. The van der Waals surface area contributed by atoms with Gasteiger partial charge in [-0.15, -0.1) is 0 Å². The van der Waals surface area contributed by atoms with Crippen molar-refractivity contribution in [3.63, 3.8) is 0 Å². The summed E-state index contributed by atoms with van der Waals surface area (Å²) < 4.78 is 5.06. The molecule has 2 aromatic rings. The number of fused-ring (bicyclic) bond motifs is 1. The molecule has 3 rings (SSSR count). The lowest BCUT2D eigenvalue weighted by atomic mass is 9.87. The zero-order chi connectivity index (χ0) is 34.2. The first kappa shape index (κ1) is 36.4. The minimum absolute atomic E-state index is 0.0395. The maximum absolute atomic E-state index is 14.5. The number of nitrogens with one attached hydrogen (secondary N) is 3. The third kappa shape index (κ3) is 9.23. The second-order valence-corrected chi connectivity index (χ2v) is 13.6. The van der Waals surface area contributed by atoms with Crippen molar-refractivity contribution in [1.29, 1.82) is 0 Å². The molecule has 0 bridgehead atoms. The van der Waals surface area contributed by atoms with Crippen molar-refractivity contribution in [2.24, 2.45) is 5.41 Å². The molecular weight excluding hydrogens is 590 g/mol. The van der Waals surface area contributed by atoms with Crippen molar-refractivity contribution >= 4 is 40.8 Å². The number of ether oxygens (including phenoxy) is 1. The molecule has 1 aliphatic heterocycles. The molecule has 254 valence electrons. The predicted octanol–water partition coefficient (Wildman–Crippen LogP) is 5.21. The summed E-state index contributed by atoms with van der Waals surface area (Å²) in [7, 11) is 1.11. The standard InChI is InChI=1S/C34H51N5O7/c1-8-9-16-26(31(42)43)36-29(40)28(18-23-20-35-25-17-11-10-15-24(23)25)39(33(45)46-7)30(41)27(19-34(4,5)6)37-32(44)38-21(2)13-12-14-22(38)3/h10-11,15,17,20-22,26-28,35H,8-9,12-14,16,18-19H2,1-7H3,(H,36,40)(H,37,44)(H,42,43)/t21-,22+,26-,27+,28-/m1/s1. The summed E-state index contributed by atoms with van der Waals surface area (Å²) in [6.07, 6.45) is 4.77. The number of urea groups is 1. The van der Waals surface area contributed by atoms with E-state index in [2.05, 4.69) is 15.6 Å². The molecule has 0 aliphatic carbocycles. The van der Waals surface area contributed by atoms with Crippen LogP contribution in [0.15, 0.2) is 30.5 Å². The number of benzene rings is 1. The van der Waals surface area contributed by atoms with Crippen molar-refractivity contribution in [1.82, 2.24) is 25.4 Å². The normalized spacial score (nSPS) is 18.7. The number of H-pyrrole nitrogens is 1. The fourth-order valence-electron chi connectivity index (χ4n) is 6.24. The zero-order valence-electron chi connectivity index (χ0n) is 28.2. The highest BCUT2D eigenvalue weighted by atomic mass is 16.5. The number of likely N-dealkylation sites (tertiary alicyclic amines) is 1. The number of hydrogen-bond acceptors (Lipinski definition) is 6. The number of carbonyl (C=O) groups is 5. The lowest BCUT2D eigenvalue weighted by molar-refractivity contribution is -0.144. The van der Waals surface area contributed by atoms with Gasteiger partial charge >= 0.3 is 18.1 Å². The van der Waals surface area contributed by atoms with Crippen LogP contribution in [-0.4, -0.2) is 87.1 Å². The smallest absolute Gasteiger partial charge is 0.417 e. The van der Waals surface area contributed by atoms with Gasteiger partial charge in [-0.25, -0.2) is 19.3 Å². The van der Waals surface area contributed by atoms with Gasteiger partial charge in [0, 0.05) is 35.6 Å². The molecule has 1 aromatic carbocycles. The number of hydrogen-bond donors (Lipinski definition) is 4. The molecule has 4 N–H and O–H groups in total. The fourth-order valence-corrected chi connectivity index (χ4v) is 6.24. The summed E-state index contributed by atoms with van der Waals surface area (Å²) in [5.74, 6) is -2.84. The molecule has 0 saturated carbocycles. The quantitative estimate of drug-likeness (QED) is 0.247. The van der Waals surface area contributed by atoms with Crippen LogP contribution in [0.3, 0.4) is 0 Å². The van der Waals surface area contributed by atoms with E-state index < -0.39 is 53.4 Å². The predicted molar refractivity (Wildman–Crippen MR) is 175 cm³/mol. The largest absolute Gasteiger partial charge is 0.480 e. The van der Waals surface area contributed by atoms with E-state index in [0.717, 1.165) is 42.2 Å². The van der Waals surface area contributed by atoms with Crippen LogP contribution in [0.2, 0.25) is 0 Å². The van der Waals surface area contributed by atoms with Crippen molar-refractivity contribution in [3.8, 4) is 0 Å². The molecule has 5 atom stereocenters. The van der Waals surface area contributed by atoms with Gasteiger partial charge in [-0.05, 0) is 63.0 Å². The Morgan fingerprint density at radius 3 is 2.30 bits per heavy atom. The number of para-hydroxylation sites is 1. The minimum atomic E-state index is -1.48. The van der Waals surface area contributed by atoms with E-state index in [-0.39, 0.29) is 31.3 Å². The molecule has 1 saturated heterocycles. The van der Waals surface area contributed by atoms with E-state index in [1.54, 1.807) is 11.1 Å². The maximum atomic E-state index is 14.5. The molecular formula is C34H51N5O7. The van der Waals surface area contributed by atoms with Crippen LogP contribution in [0, 0.1) is 5.41 Å². The number of amides is 5. The Morgan fingerprint density at radius 2 is 1.72 bits per heavy atom. The second-order valence-electron chi connectivity index (χ2n) is 13.6. The van der Waals surface area contributed by atoms with Crippen LogP contribution in [0.1, 0.15) is 92.1 Å². The zero-order valence-corrected chi connectivity index (χ0v) is 28.2. The van der Waals surface area contributed by atoms with Crippen LogP contribution in [0.5, 0.6) is 0 Å². The lowest BCUT2D eigenvalue weighted by Crippen LogP contribution is -2.62. The van der Waals surface area contributed by atoms with Gasteiger partial charge < -0.3 is 30.4 Å². The number of carboxylic acids is 1. The van der Waals surface area contributed by atoms with Crippen LogP contribution < -0.4 is 10.6 Å². The summed E-state index contributed by atoms with van der Waals surface area (Å²) in [4.78, 5) is 73.5. The molecule has 1 aromatic heterocycles. The topological polar surface area (TPSA) is 161 Å². The molecule has 0 unspecified atom stereocenters. The van der Waals surface area contributed by atoms with E-state index >= 15 is 0 Å². The third-order valence-electron chi connectivity index (χ3n) is 8.61. The van der Waals surface area contributed by atoms with Crippen molar-refractivity contribution in [3.05, 3.63) is 36.0 Å². The van der Waals surface area contributed by atoms with Gasteiger partial charge in [-0.2, -0.15) is 0 Å². The Hall–Kier alpha value is -4.09. The number of nitrogens with zero attached hydrogens (tertiary/aromatic N) is 2. The van der Waals surface area contributed by atoms with Crippen molar-refractivity contribution in [2.75, 3.05) is 7.11 Å². The number of methoxy groups -OCH3 is 1. The SMILES string of the molecule is CCCC[C@@H](NC(=O)[C@@H](Cc1c[nH]c2ccccc12)N(C(=O)OC)C(=O)[C@H](CC(C)(C)C)NC(=O)N1[C@H](C)CCC[C@@H]1C)C(=O)O. The van der Waals surface area contributed by atoms with Crippen molar-refractivity contribution in [2.45, 2.75) is 123 Å². The number of imide groups is 1. The average Bonchev–Trinajstić information content (AvgIpc) is 3.40. The summed E-state index contributed by atoms with van der Waals surface area (Å²) in [5.41, 5.74) is 0.976. The van der Waals surface area contributed by atoms with Gasteiger partial charge in [0.1, 0.15) is 18.1 Å². The first-order valence-corrected chi connectivity index (χ1v) is 16.3. The fraction of sp³-hybridized carbons (Fsp3) is 0.618. The minimum Gasteiger partial charge on any atom is -0.480 e. The van der Waals surface area contributed by atoms with Gasteiger partial charge in [0.15, 0.2) is 0 Å². The average molecular weight is 642 g/mol. The number of aromatic amines is 1. The van der Waals surface area contributed by atoms with E-state index in [9.17, 15) is 29.1 Å². The number of rotatable bonds is 12. The Bertz CT molecular complexity index is 1370. The first-order chi connectivity index (χ1) is 21.7.